The number of rotatable bonds is 9. The first-order chi connectivity index (χ1) is 12.6. The number of hydrogen-bond acceptors (Lipinski definition) is 4. The van der Waals surface area contributed by atoms with E-state index in [1.165, 1.54) is 6.21 Å². The maximum absolute atomic E-state index is 14.5. The summed E-state index contributed by atoms with van der Waals surface area (Å²) < 4.78 is 31.8. The lowest BCUT2D eigenvalue weighted by Crippen LogP contribution is -2.41. The summed E-state index contributed by atoms with van der Waals surface area (Å²) in [5.41, 5.74) is 0.246. The molecule has 0 saturated carbocycles. The Morgan fingerprint density at radius 2 is 1.79 bits per heavy atom. The number of ether oxygens (including phenoxy) is 1. The van der Waals surface area contributed by atoms with E-state index in [1.54, 1.807) is 12.1 Å². The van der Waals surface area contributed by atoms with Gasteiger partial charge < -0.3 is 13.6 Å². The molecule has 4 nitrogen and oxygen atoms in total. The Balaban J connectivity index is 2.70. The van der Waals surface area contributed by atoms with Crippen molar-refractivity contribution in [1.29, 1.82) is 0 Å². The Bertz CT molecular complexity index is 725. The summed E-state index contributed by atoms with van der Waals surface area (Å²) in [5.74, 6) is -0.0425. The second-order valence-electron chi connectivity index (χ2n) is 9.10. The standard InChI is InChI=1S/C20H33ClFNO3Si2/c1-15(26-27(5,6)7)23-14-16-10-11-17(18(21)19(16)22)24-12-13-25-28(8,9)20(2,3)4/h10-11,14H,1,12-13H2,2-9H3. The summed E-state index contributed by atoms with van der Waals surface area (Å²) in [6, 6.07) is 3.19. The van der Waals surface area contributed by atoms with E-state index in [0.717, 1.165) is 0 Å². The van der Waals surface area contributed by atoms with Gasteiger partial charge in [-0.3, -0.25) is 0 Å². The number of aliphatic imine (C=N–C) groups is 1. The maximum atomic E-state index is 14.5. The van der Waals surface area contributed by atoms with Gasteiger partial charge in [-0.25, -0.2) is 9.38 Å². The van der Waals surface area contributed by atoms with Crippen molar-refractivity contribution in [2.75, 3.05) is 13.2 Å². The van der Waals surface area contributed by atoms with E-state index in [9.17, 15) is 4.39 Å². The van der Waals surface area contributed by atoms with Gasteiger partial charge in [0.05, 0.1) is 6.61 Å². The van der Waals surface area contributed by atoms with Gasteiger partial charge in [0.1, 0.15) is 17.4 Å². The second-order valence-corrected chi connectivity index (χ2v) is 18.7. The van der Waals surface area contributed by atoms with Gasteiger partial charge >= 0.3 is 0 Å². The molecule has 0 amide bonds. The van der Waals surface area contributed by atoms with Crippen LogP contribution in [0.25, 0.3) is 0 Å². The molecule has 158 valence electrons. The Hall–Kier alpha value is -1.16. The molecule has 0 unspecified atom stereocenters. The van der Waals surface area contributed by atoms with Crippen molar-refractivity contribution >= 4 is 34.5 Å². The molecule has 28 heavy (non-hydrogen) atoms. The van der Waals surface area contributed by atoms with E-state index in [4.69, 9.17) is 25.2 Å². The molecule has 0 aliphatic carbocycles. The molecule has 0 aromatic heterocycles. The van der Waals surface area contributed by atoms with Crippen LogP contribution in [0.5, 0.6) is 5.75 Å². The maximum Gasteiger partial charge on any atom is 0.244 e. The Labute approximate surface area is 176 Å². The lowest BCUT2D eigenvalue weighted by Gasteiger charge is -2.36. The molecule has 1 aromatic carbocycles. The zero-order valence-electron chi connectivity index (χ0n) is 18.3. The van der Waals surface area contributed by atoms with Crippen molar-refractivity contribution in [2.24, 2.45) is 4.99 Å². The van der Waals surface area contributed by atoms with Gasteiger partial charge in [-0.2, -0.15) is 0 Å². The third-order valence-electron chi connectivity index (χ3n) is 4.46. The largest absolute Gasteiger partial charge is 0.532 e. The lowest BCUT2D eigenvalue weighted by molar-refractivity contribution is 0.203. The number of halogens is 2. The molecule has 0 atom stereocenters. The minimum absolute atomic E-state index is 0.0759. The van der Waals surface area contributed by atoms with Crippen molar-refractivity contribution < 1.29 is 18.0 Å². The normalized spacial score (nSPS) is 13.1. The molecule has 0 aliphatic heterocycles. The molecule has 8 heteroatoms. The summed E-state index contributed by atoms with van der Waals surface area (Å²) in [5, 5.41) is 0.0500. The minimum atomic E-state index is -1.84. The van der Waals surface area contributed by atoms with E-state index in [2.05, 4.69) is 45.4 Å². The van der Waals surface area contributed by atoms with Crippen molar-refractivity contribution in [3.63, 3.8) is 0 Å². The van der Waals surface area contributed by atoms with Crippen LogP contribution in [0.2, 0.25) is 42.8 Å². The van der Waals surface area contributed by atoms with Gasteiger partial charge in [-0.1, -0.05) is 32.4 Å². The average molecular weight is 446 g/mol. The first kappa shape index (κ1) is 24.9. The van der Waals surface area contributed by atoms with E-state index < -0.39 is 22.5 Å². The molecular formula is C20H33ClFNO3Si2. The van der Waals surface area contributed by atoms with Gasteiger partial charge in [0.2, 0.25) is 8.32 Å². The van der Waals surface area contributed by atoms with Crippen molar-refractivity contribution in [3.05, 3.63) is 41.0 Å². The molecule has 0 fully saturated rings. The average Bonchev–Trinajstić information content (AvgIpc) is 2.51. The van der Waals surface area contributed by atoms with Gasteiger partial charge in [0.15, 0.2) is 20.0 Å². The molecule has 0 aliphatic rings. The molecule has 1 aromatic rings. The van der Waals surface area contributed by atoms with Crippen molar-refractivity contribution in [1.82, 2.24) is 0 Å². The highest BCUT2D eigenvalue weighted by Gasteiger charge is 2.36. The van der Waals surface area contributed by atoms with Crippen LogP contribution in [0.1, 0.15) is 26.3 Å². The lowest BCUT2D eigenvalue weighted by atomic mass is 10.2. The predicted molar refractivity (Wildman–Crippen MR) is 121 cm³/mol. The van der Waals surface area contributed by atoms with E-state index in [-0.39, 0.29) is 27.3 Å². The zero-order chi connectivity index (χ0) is 21.8. The highest BCUT2D eigenvalue weighted by molar-refractivity contribution is 6.74. The highest BCUT2D eigenvalue weighted by atomic mass is 35.5. The van der Waals surface area contributed by atoms with E-state index >= 15 is 0 Å². The fourth-order valence-corrected chi connectivity index (χ4v) is 3.96. The highest BCUT2D eigenvalue weighted by Crippen LogP contribution is 2.36. The Morgan fingerprint density at radius 1 is 1.18 bits per heavy atom. The van der Waals surface area contributed by atoms with Crippen LogP contribution in [-0.4, -0.2) is 36.1 Å². The van der Waals surface area contributed by atoms with Crippen LogP contribution in [0.15, 0.2) is 29.6 Å². The zero-order valence-corrected chi connectivity index (χ0v) is 21.0. The summed E-state index contributed by atoms with van der Waals surface area (Å²) in [6.45, 7) is 21.4. The number of benzene rings is 1. The summed E-state index contributed by atoms with van der Waals surface area (Å²) in [6.07, 6.45) is 1.36. The number of nitrogens with zero attached hydrogens (tertiary/aromatic N) is 1. The van der Waals surface area contributed by atoms with Gasteiger partial charge in [0, 0.05) is 11.8 Å². The van der Waals surface area contributed by atoms with Gasteiger partial charge in [-0.05, 0) is 56.5 Å². The third kappa shape index (κ3) is 7.69. The minimum Gasteiger partial charge on any atom is -0.532 e. The topological polar surface area (TPSA) is 40.0 Å². The van der Waals surface area contributed by atoms with Crippen LogP contribution in [0, 0.1) is 5.82 Å². The summed E-state index contributed by atoms with van der Waals surface area (Å²) >= 11 is 6.12. The first-order valence-electron chi connectivity index (χ1n) is 9.31. The predicted octanol–water partition coefficient (Wildman–Crippen LogP) is 6.62. The van der Waals surface area contributed by atoms with Crippen molar-refractivity contribution in [2.45, 2.75) is 58.5 Å². The molecule has 0 bridgehead atoms. The fourth-order valence-electron chi connectivity index (χ4n) is 1.94. The van der Waals surface area contributed by atoms with Crippen LogP contribution >= 0.6 is 11.6 Å². The van der Waals surface area contributed by atoms with E-state index in [0.29, 0.717) is 13.2 Å². The molecule has 0 saturated heterocycles. The van der Waals surface area contributed by atoms with Gasteiger partial charge in [-0.15, -0.1) is 0 Å². The smallest absolute Gasteiger partial charge is 0.244 e. The first-order valence-corrected chi connectivity index (χ1v) is 16.0. The summed E-state index contributed by atoms with van der Waals surface area (Å²) in [7, 11) is -3.64. The van der Waals surface area contributed by atoms with Crippen LogP contribution in [0.3, 0.4) is 0 Å². The summed E-state index contributed by atoms with van der Waals surface area (Å²) in [4.78, 5) is 4.07. The van der Waals surface area contributed by atoms with Crippen molar-refractivity contribution in [3.8, 4) is 5.75 Å². The van der Waals surface area contributed by atoms with Crippen LogP contribution in [-0.2, 0) is 8.85 Å². The molecule has 0 spiro atoms. The quantitative estimate of drug-likeness (QED) is 0.185. The Kier molecular flexibility index (Phi) is 8.50. The molecule has 0 heterocycles. The second kappa shape index (κ2) is 9.56. The van der Waals surface area contributed by atoms with Crippen LogP contribution < -0.4 is 4.74 Å². The molecule has 0 radical (unpaired) electrons. The SMILES string of the molecule is C=C(N=Cc1ccc(OCCO[Si](C)(C)C(C)(C)C)c(Cl)c1F)O[Si](C)(C)C. The molecule has 0 N–H and O–H groups in total. The Morgan fingerprint density at radius 3 is 2.32 bits per heavy atom. The molecular weight excluding hydrogens is 413 g/mol. The monoisotopic (exact) mass is 445 g/mol. The third-order valence-corrected chi connectivity index (χ3v) is 10.2. The van der Waals surface area contributed by atoms with E-state index in [1.807, 2.05) is 19.6 Å². The van der Waals surface area contributed by atoms with Crippen LogP contribution in [0.4, 0.5) is 4.39 Å². The van der Waals surface area contributed by atoms with Gasteiger partial charge in [0.25, 0.3) is 0 Å². The number of hydrogen-bond donors (Lipinski definition) is 0. The molecule has 1 rings (SSSR count). The fraction of sp³-hybridized carbons (Fsp3) is 0.550.